The predicted octanol–water partition coefficient (Wildman–Crippen LogP) is -0.326. The molecule has 1 saturated heterocycles. The molecular formula is C22H38N4O2+2. The number of nitrogens with one attached hydrogen (secondary N) is 3. The molecular weight excluding hydrogens is 352 g/mol. The lowest BCUT2D eigenvalue weighted by Crippen LogP contribution is -3.28. The van der Waals surface area contributed by atoms with Crippen LogP contribution in [0.2, 0.25) is 0 Å². The van der Waals surface area contributed by atoms with E-state index in [-0.39, 0.29) is 11.8 Å². The van der Waals surface area contributed by atoms with E-state index in [1.54, 1.807) is 0 Å². The first kappa shape index (κ1) is 22.4. The highest BCUT2D eigenvalue weighted by Crippen LogP contribution is 2.17. The number of hydrogen-bond acceptors (Lipinski definition) is 2. The van der Waals surface area contributed by atoms with Crippen LogP contribution in [-0.2, 0) is 9.59 Å². The van der Waals surface area contributed by atoms with Crippen molar-refractivity contribution in [3.8, 4) is 0 Å². The van der Waals surface area contributed by atoms with E-state index in [2.05, 4.69) is 32.2 Å². The number of benzene rings is 1. The summed E-state index contributed by atoms with van der Waals surface area (Å²) in [6, 6.07) is 5.99. The highest BCUT2D eigenvalue weighted by Gasteiger charge is 2.27. The molecule has 6 heteroatoms. The summed E-state index contributed by atoms with van der Waals surface area (Å²) in [4.78, 5) is 29.6. The van der Waals surface area contributed by atoms with Crippen molar-refractivity contribution >= 4 is 17.5 Å². The lowest BCUT2D eigenvalue weighted by molar-refractivity contribution is -1.00. The predicted molar refractivity (Wildman–Crippen MR) is 113 cm³/mol. The van der Waals surface area contributed by atoms with Crippen molar-refractivity contribution in [1.82, 2.24) is 4.90 Å². The van der Waals surface area contributed by atoms with E-state index in [4.69, 9.17) is 0 Å². The normalized spacial score (nSPS) is 19.3. The molecule has 1 aliphatic rings. The Balaban J connectivity index is 1.75. The van der Waals surface area contributed by atoms with Gasteiger partial charge in [0, 0.05) is 18.8 Å². The van der Waals surface area contributed by atoms with Crippen LogP contribution in [0.5, 0.6) is 0 Å². The number of quaternary nitrogens is 2. The summed E-state index contributed by atoms with van der Waals surface area (Å²) in [7, 11) is 0. The molecule has 28 heavy (non-hydrogen) atoms. The zero-order valence-corrected chi connectivity index (χ0v) is 18.1. The Labute approximate surface area is 169 Å². The summed E-state index contributed by atoms with van der Waals surface area (Å²) >= 11 is 0. The summed E-state index contributed by atoms with van der Waals surface area (Å²) in [6.07, 6.45) is 2.19. The van der Waals surface area contributed by atoms with E-state index < -0.39 is 0 Å². The van der Waals surface area contributed by atoms with Crippen LogP contribution in [0.25, 0.3) is 0 Å². The molecule has 6 nitrogen and oxygen atoms in total. The van der Waals surface area contributed by atoms with Gasteiger partial charge in [0.05, 0.1) is 0 Å². The highest BCUT2D eigenvalue weighted by atomic mass is 16.2. The molecule has 0 bridgehead atoms. The monoisotopic (exact) mass is 390 g/mol. The molecule has 0 atom stereocenters. The number of carbonyl (C=O) groups is 2. The second kappa shape index (κ2) is 11.2. The van der Waals surface area contributed by atoms with Crippen molar-refractivity contribution in [3.63, 3.8) is 0 Å². The Morgan fingerprint density at radius 1 is 1.04 bits per heavy atom. The van der Waals surface area contributed by atoms with Crippen molar-refractivity contribution in [3.05, 3.63) is 29.3 Å². The van der Waals surface area contributed by atoms with Crippen LogP contribution in [0.3, 0.4) is 0 Å². The molecule has 1 aromatic carbocycles. The number of hydrogen-bond donors (Lipinski definition) is 3. The average molecular weight is 391 g/mol. The van der Waals surface area contributed by atoms with E-state index in [0.717, 1.165) is 63.4 Å². The Morgan fingerprint density at radius 2 is 1.68 bits per heavy atom. The maximum atomic E-state index is 12.5. The van der Waals surface area contributed by atoms with E-state index in [9.17, 15) is 9.59 Å². The molecule has 2 rings (SSSR count). The molecule has 0 spiro atoms. The number of likely N-dealkylation sites (N-methyl/N-ethyl adjacent to an activating group) is 1. The number of piperazine rings is 1. The molecule has 1 fully saturated rings. The van der Waals surface area contributed by atoms with Gasteiger partial charge in [-0.1, -0.05) is 25.5 Å². The van der Waals surface area contributed by atoms with E-state index >= 15 is 0 Å². The molecule has 0 radical (unpaired) electrons. The van der Waals surface area contributed by atoms with Gasteiger partial charge in [-0.15, -0.1) is 0 Å². The van der Waals surface area contributed by atoms with Gasteiger partial charge in [-0.2, -0.15) is 0 Å². The molecule has 1 aliphatic heterocycles. The van der Waals surface area contributed by atoms with Crippen molar-refractivity contribution in [1.29, 1.82) is 0 Å². The van der Waals surface area contributed by atoms with Crippen LogP contribution in [0.4, 0.5) is 5.69 Å². The van der Waals surface area contributed by atoms with Crippen molar-refractivity contribution in [2.45, 2.75) is 40.5 Å². The second-order valence-electron chi connectivity index (χ2n) is 7.98. The molecule has 1 heterocycles. The number of aryl methyl sites for hydroxylation is 1. The standard InChI is InChI=1S/C22H36N4O2/c1-5-7-11-26(6-2)22(28)17-25-14-12-24(13-15-25)16-21(27)23-20-10-8-9-18(3)19(20)4/h8-10H,5-7,11-17H2,1-4H3,(H,23,27)/p+2. The number of amides is 2. The topological polar surface area (TPSA) is 58.3 Å². The first-order valence-corrected chi connectivity index (χ1v) is 10.8. The van der Waals surface area contributed by atoms with Crippen LogP contribution < -0.4 is 15.1 Å². The maximum absolute atomic E-state index is 12.5. The molecule has 156 valence electrons. The molecule has 0 saturated carbocycles. The van der Waals surface area contributed by atoms with Gasteiger partial charge in [0.25, 0.3) is 11.8 Å². The molecule has 1 aromatic rings. The van der Waals surface area contributed by atoms with E-state index in [1.165, 1.54) is 15.4 Å². The SMILES string of the molecule is CCCCN(CC)C(=O)C[NH+]1CC[NH+](CC(=O)Nc2cccc(C)c2C)CC1. The zero-order chi connectivity index (χ0) is 20.5. The zero-order valence-electron chi connectivity index (χ0n) is 18.1. The van der Waals surface area contributed by atoms with Crippen molar-refractivity contribution < 1.29 is 19.4 Å². The largest absolute Gasteiger partial charge is 0.338 e. The minimum absolute atomic E-state index is 0.0694. The van der Waals surface area contributed by atoms with Gasteiger partial charge in [-0.3, -0.25) is 9.59 Å². The Kier molecular flexibility index (Phi) is 8.93. The third-order valence-electron chi connectivity index (χ3n) is 5.87. The van der Waals surface area contributed by atoms with E-state index in [1.807, 2.05) is 24.0 Å². The molecule has 0 aromatic heterocycles. The van der Waals surface area contributed by atoms with Crippen LogP contribution in [0, 0.1) is 13.8 Å². The van der Waals surface area contributed by atoms with Crippen LogP contribution in [0.1, 0.15) is 37.8 Å². The molecule has 0 unspecified atom stereocenters. The number of anilines is 1. The van der Waals surface area contributed by atoms with Crippen molar-refractivity contribution in [2.75, 3.05) is 57.7 Å². The number of unbranched alkanes of at least 4 members (excludes halogenated alkanes) is 1. The maximum Gasteiger partial charge on any atom is 0.279 e. The van der Waals surface area contributed by atoms with Crippen LogP contribution in [0.15, 0.2) is 18.2 Å². The summed E-state index contributed by atoms with van der Waals surface area (Å²) in [6.45, 7) is 14.8. The van der Waals surface area contributed by atoms with Crippen molar-refractivity contribution in [2.24, 2.45) is 0 Å². The average Bonchev–Trinajstić information content (AvgIpc) is 2.67. The number of nitrogens with zero attached hydrogens (tertiary/aromatic N) is 1. The van der Waals surface area contributed by atoms with Gasteiger partial charge in [-0.05, 0) is 44.4 Å². The first-order chi connectivity index (χ1) is 13.4. The van der Waals surface area contributed by atoms with Crippen LogP contribution >= 0.6 is 0 Å². The fourth-order valence-corrected chi connectivity index (χ4v) is 3.75. The number of carbonyl (C=O) groups excluding carboxylic acids is 2. The highest BCUT2D eigenvalue weighted by molar-refractivity contribution is 5.92. The summed E-state index contributed by atoms with van der Waals surface area (Å²) < 4.78 is 0. The molecule has 0 aliphatic carbocycles. The minimum atomic E-state index is 0.0694. The summed E-state index contributed by atoms with van der Waals surface area (Å²) in [5, 5.41) is 3.06. The lowest BCUT2D eigenvalue weighted by Gasteiger charge is -2.30. The van der Waals surface area contributed by atoms with Gasteiger partial charge in [0.1, 0.15) is 26.2 Å². The summed E-state index contributed by atoms with van der Waals surface area (Å²) in [5.41, 5.74) is 3.22. The van der Waals surface area contributed by atoms with Crippen LogP contribution in [-0.4, -0.2) is 69.1 Å². The number of rotatable bonds is 9. The fourth-order valence-electron chi connectivity index (χ4n) is 3.75. The van der Waals surface area contributed by atoms with Gasteiger partial charge in [0.15, 0.2) is 13.1 Å². The van der Waals surface area contributed by atoms with Gasteiger partial charge < -0.3 is 20.0 Å². The fraction of sp³-hybridized carbons (Fsp3) is 0.636. The third-order valence-corrected chi connectivity index (χ3v) is 5.87. The van der Waals surface area contributed by atoms with Gasteiger partial charge >= 0.3 is 0 Å². The lowest BCUT2D eigenvalue weighted by atomic mass is 10.1. The minimum Gasteiger partial charge on any atom is -0.338 e. The quantitative estimate of drug-likeness (QED) is 0.541. The Hall–Kier alpha value is -1.92. The Bertz CT molecular complexity index is 654. The van der Waals surface area contributed by atoms with Gasteiger partial charge in [-0.25, -0.2) is 0 Å². The van der Waals surface area contributed by atoms with E-state index in [0.29, 0.717) is 13.1 Å². The Morgan fingerprint density at radius 3 is 2.29 bits per heavy atom. The summed E-state index contributed by atoms with van der Waals surface area (Å²) in [5.74, 6) is 0.335. The van der Waals surface area contributed by atoms with Gasteiger partial charge in [0.2, 0.25) is 0 Å². The first-order valence-electron chi connectivity index (χ1n) is 10.8. The molecule has 3 N–H and O–H groups in total. The molecule has 2 amide bonds. The second-order valence-corrected chi connectivity index (χ2v) is 7.98. The third kappa shape index (κ3) is 6.60. The smallest absolute Gasteiger partial charge is 0.279 e.